The summed E-state index contributed by atoms with van der Waals surface area (Å²) in [4.78, 5) is 9.54. The number of hydrogen-bond acceptors (Lipinski definition) is 4. The molecule has 0 saturated heterocycles. The third-order valence-corrected chi connectivity index (χ3v) is 13.9. The minimum Gasteiger partial charge on any atom is -0.509 e. The van der Waals surface area contributed by atoms with Gasteiger partial charge in [-0.3, -0.25) is 0 Å². The van der Waals surface area contributed by atoms with E-state index in [-0.39, 0.29) is 42.7 Å². The molecule has 0 bridgehead atoms. The van der Waals surface area contributed by atoms with E-state index in [1.54, 1.807) is 0 Å². The van der Waals surface area contributed by atoms with Crippen LogP contribution in [0.4, 0.5) is 22.7 Å². The molecule has 9 aromatic rings. The Morgan fingerprint density at radius 2 is 1.07 bits per heavy atom. The van der Waals surface area contributed by atoms with E-state index in [1.165, 1.54) is 33.4 Å². The Kier molecular flexibility index (Phi) is 12.1. The fourth-order valence-electron chi connectivity index (χ4n) is 9.48. The van der Waals surface area contributed by atoms with Crippen LogP contribution in [0, 0.1) is 18.8 Å². The third kappa shape index (κ3) is 8.56. The topological polar surface area (TPSA) is 33.5 Å². The fraction of sp³-hybridized carbons (Fsp3) is 0.226. The first kappa shape index (κ1) is 46.7. The van der Waals surface area contributed by atoms with Gasteiger partial charge < -0.3 is 19.1 Å². The van der Waals surface area contributed by atoms with Crippen LogP contribution in [-0.2, 0) is 42.7 Å². The molecule has 10 rings (SSSR count). The van der Waals surface area contributed by atoms with Crippen LogP contribution in [0.15, 0.2) is 170 Å². The van der Waals surface area contributed by atoms with Gasteiger partial charge in [0.05, 0.1) is 0 Å². The van der Waals surface area contributed by atoms with Crippen molar-refractivity contribution in [2.24, 2.45) is 0 Å². The van der Waals surface area contributed by atoms with E-state index in [9.17, 15) is 0 Å². The average molecular weight is 1070 g/mol. The van der Waals surface area contributed by atoms with Crippen LogP contribution in [0.2, 0.25) is 0 Å². The largest absolute Gasteiger partial charge is 0.509 e. The van der Waals surface area contributed by atoms with E-state index < -0.39 is 0 Å². The second kappa shape index (κ2) is 17.6. The maximum atomic E-state index is 6.75. The summed E-state index contributed by atoms with van der Waals surface area (Å²) in [6, 6.07) is 66.0. The number of anilines is 4. The maximum Gasteiger partial charge on any atom is 0.135 e. The van der Waals surface area contributed by atoms with Gasteiger partial charge in [0.2, 0.25) is 0 Å². The fourth-order valence-corrected chi connectivity index (χ4v) is 9.48. The van der Waals surface area contributed by atoms with E-state index in [0.29, 0.717) is 11.5 Å². The molecule has 0 N–H and O–H groups in total. The molecule has 0 atom stereocenters. The maximum absolute atomic E-state index is 6.75. The van der Waals surface area contributed by atoms with Crippen LogP contribution in [0.1, 0.15) is 103 Å². The van der Waals surface area contributed by atoms with Crippen molar-refractivity contribution in [1.29, 1.82) is 0 Å². The second-order valence-electron chi connectivity index (χ2n) is 21.1. The van der Waals surface area contributed by atoms with Gasteiger partial charge in [-0.05, 0) is 92.1 Å². The normalized spacial score (nSPS) is 13.2. The zero-order chi connectivity index (χ0) is 46.9. The molecular weight excluding hydrogens is 1010 g/mol. The molecule has 1 aliphatic heterocycles. The van der Waals surface area contributed by atoms with Crippen LogP contribution in [0.5, 0.6) is 11.5 Å². The number of hydrogen-bond donors (Lipinski definition) is 0. The minimum atomic E-state index is -0.238. The monoisotopic (exact) mass is 1070 g/mol. The number of nitrogens with zero attached hydrogens (tertiary/aromatic N) is 4. The van der Waals surface area contributed by atoms with Gasteiger partial charge in [-0.2, -0.15) is 12.1 Å². The van der Waals surface area contributed by atoms with E-state index in [4.69, 9.17) is 9.72 Å². The summed E-state index contributed by atoms with van der Waals surface area (Å²) in [5.74, 6) is 2.03. The molecule has 0 amide bonds. The predicted octanol–water partition coefficient (Wildman–Crippen LogP) is 16.2. The van der Waals surface area contributed by atoms with Crippen molar-refractivity contribution in [2.45, 2.75) is 90.9 Å². The Hall–Kier alpha value is -6.42. The first-order valence-electron chi connectivity index (χ1n) is 23.4. The zero-order valence-electron chi connectivity index (χ0n) is 40.8. The summed E-state index contributed by atoms with van der Waals surface area (Å²) >= 11 is 0. The van der Waals surface area contributed by atoms with Crippen molar-refractivity contribution in [1.82, 2.24) is 9.55 Å². The predicted molar refractivity (Wildman–Crippen MR) is 279 cm³/mol. The van der Waals surface area contributed by atoms with Crippen LogP contribution < -0.4 is 14.5 Å². The molecule has 68 heavy (non-hydrogen) atoms. The molecule has 0 aliphatic carbocycles. The summed E-state index contributed by atoms with van der Waals surface area (Å²) in [7, 11) is 0. The first-order valence-corrected chi connectivity index (χ1v) is 23.4. The smallest absolute Gasteiger partial charge is 0.135 e. The Morgan fingerprint density at radius 3 is 1.75 bits per heavy atom. The van der Waals surface area contributed by atoms with Gasteiger partial charge in [-0.1, -0.05) is 166 Å². The van der Waals surface area contributed by atoms with Crippen molar-refractivity contribution in [3.05, 3.63) is 222 Å². The standard InChI is InChI=1S/C62H59N4O.Pt/c1-59(2,3)44-27-31-54-53(36-44)52-30-29-51(40-56(52)66(54)58-38-47(33-34-63-58)62(9,10)43-21-15-12-16-22-43)67-50-26-18-25-49(39-50)64-41-65(57-37-45(60(4,5)6)28-32-55(57)64)48-24-17-23-46(35-48)61(7,8)42-19-13-11-14-20-42;/h11-38,41H,1-10H3;/q-3;. The molecule has 7 aromatic carbocycles. The Bertz CT molecular complexity index is 3280. The van der Waals surface area contributed by atoms with Gasteiger partial charge in [0.25, 0.3) is 0 Å². The zero-order valence-corrected chi connectivity index (χ0v) is 43.0. The molecule has 5 nitrogen and oxygen atoms in total. The van der Waals surface area contributed by atoms with Gasteiger partial charge in [-0.25, -0.2) is 4.98 Å². The Balaban J connectivity index is 0.00000578. The van der Waals surface area contributed by atoms with E-state index in [2.05, 4.69) is 248 Å². The first-order chi connectivity index (χ1) is 32.0. The molecule has 0 saturated carbocycles. The summed E-state index contributed by atoms with van der Waals surface area (Å²) in [5.41, 5.74) is 13.2. The van der Waals surface area contributed by atoms with E-state index in [1.807, 2.05) is 24.4 Å². The van der Waals surface area contributed by atoms with Gasteiger partial charge in [0.15, 0.2) is 0 Å². The Labute approximate surface area is 417 Å². The third-order valence-electron chi connectivity index (χ3n) is 13.9. The van der Waals surface area contributed by atoms with Crippen LogP contribution in [0.25, 0.3) is 27.6 Å². The number of pyridine rings is 1. The molecule has 3 heterocycles. The number of benzene rings is 7. The van der Waals surface area contributed by atoms with Gasteiger partial charge in [0, 0.05) is 72.2 Å². The van der Waals surface area contributed by atoms with Crippen LogP contribution in [-0.4, -0.2) is 9.55 Å². The molecule has 0 radical (unpaired) electrons. The van der Waals surface area contributed by atoms with Crippen molar-refractivity contribution >= 4 is 44.6 Å². The van der Waals surface area contributed by atoms with Crippen molar-refractivity contribution < 1.29 is 25.8 Å². The molecule has 1 aliphatic rings. The summed E-state index contributed by atoms with van der Waals surface area (Å²) in [6.45, 7) is 24.9. The number of rotatable bonds is 9. The summed E-state index contributed by atoms with van der Waals surface area (Å²) in [6.07, 6.45) is 1.93. The summed E-state index contributed by atoms with van der Waals surface area (Å²) < 4.78 is 8.98. The number of ether oxygens (including phenoxy) is 1. The van der Waals surface area contributed by atoms with Gasteiger partial charge in [0.1, 0.15) is 5.82 Å². The average Bonchev–Trinajstić information content (AvgIpc) is 3.87. The molecule has 0 unspecified atom stereocenters. The molecule has 2 aromatic heterocycles. The SMILES string of the molecule is CC(C)(C)c1ccc2c(c1)N(c1cccc(C(C)(C)c3ccccc3)c1)[CH-]N2c1[c-]c(Oc2[c-]c3c(cc2)c2cc(C(C)(C)C)ccc2n3-c2cc(C(C)(C)c3ccccc3)ccn2)ccc1.[Pt]. The van der Waals surface area contributed by atoms with Crippen LogP contribution in [0.3, 0.4) is 0 Å². The van der Waals surface area contributed by atoms with Crippen molar-refractivity contribution in [2.75, 3.05) is 9.80 Å². The summed E-state index contributed by atoms with van der Waals surface area (Å²) in [5, 5.41) is 2.25. The van der Waals surface area contributed by atoms with E-state index in [0.717, 1.165) is 50.4 Å². The quantitative estimate of drug-likeness (QED) is 0.135. The Morgan fingerprint density at radius 1 is 0.471 bits per heavy atom. The minimum absolute atomic E-state index is 0. The molecule has 0 fully saturated rings. The molecule has 346 valence electrons. The number of aromatic nitrogens is 2. The van der Waals surface area contributed by atoms with Crippen LogP contribution >= 0.6 is 0 Å². The van der Waals surface area contributed by atoms with E-state index >= 15 is 0 Å². The molecule has 6 heteroatoms. The van der Waals surface area contributed by atoms with Gasteiger partial charge >= 0.3 is 0 Å². The number of fused-ring (bicyclic) bond motifs is 4. The second-order valence-corrected chi connectivity index (χ2v) is 21.1. The van der Waals surface area contributed by atoms with Crippen molar-refractivity contribution in [3.63, 3.8) is 0 Å². The van der Waals surface area contributed by atoms with Crippen molar-refractivity contribution in [3.8, 4) is 17.3 Å². The van der Waals surface area contributed by atoms with Gasteiger partial charge in [-0.15, -0.1) is 48.1 Å². The molecule has 0 spiro atoms. The molecular formula is C62H59N4OPt-3.